The molecular formula is C15H22O3. The zero-order valence-electron chi connectivity index (χ0n) is 11.5. The summed E-state index contributed by atoms with van der Waals surface area (Å²) in [4.78, 5) is 11.8. The van der Waals surface area contributed by atoms with Crippen LogP contribution in [-0.4, -0.2) is 22.8 Å². The number of rotatable bonds is 0. The van der Waals surface area contributed by atoms with Crippen molar-refractivity contribution < 1.29 is 14.6 Å². The summed E-state index contributed by atoms with van der Waals surface area (Å²) in [5.74, 6) is -0.633. The molecular weight excluding hydrogens is 228 g/mol. The van der Waals surface area contributed by atoms with E-state index < -0.39 is 11.5 Å². The van der Waals surface area contributed by atoms with Crippen LogP contribution < -0.4 is 0 Å². The first kappa shape index (κ1) is 12.2. The van der Waals surface area contributed by atoms with Crippen molar-refractivity contribution >= 4 is 5.97 Å². The molecule has 3 nitrogen and oxygen atoms in total. The highest BCUT2D eigenvalue weighted by Crippen LogP contribution is 2.56. The van der Waals surface area contributed by atoms with Gasteiger partial charge in [-0.3, -0.25) is 4.79 Å². The molecule has 0 amide bonds. The van der Waals surface area contributed by atoms with Crippen molar-refractivity contribution in [1.29, 1.82) is 0 Å². The summed E-state index contributed by atoms with van der Waals surface area (Å²) in [6.07, 6.45) is 4.69. The first-order valence-corrected chi connectivity index (χ1v) is 7.01. The molecule has 1 heterocycles. The zero-order valence-corrected chi connectivity index (χ0v) is 11.5. The van der Waals surface area contributed by atoms with E-state index in [0.29, 0.717) is 6.42 Å². The third kappa shape index (κ3) is 1.37. The highest BCUT2D eigenvalue weighted by molar-refractivity contribution is 5.77. The number of ether oxygens (including phenoxy) is 1. The van der Waals surface area contributed by atoms with Crippen LogP contribution in [0.25, 0.3) is 0 Å². The number of aliphatic hydroxyl groups is 1. The molecule has 0 bridgehead atoms. The van der Waals surface area contributed by atoms with Gasteiger partial charge in [-0.05, 0) is 56.9 Å². The van der Waals surface area contributed by atoms with Crippen LogP contribution in [0.3, 0.4) is 0 Å². The first-order valence-electron chi connectivity index (χ1n) is 7.01. The number of hydrogen-bond acceptors (Lipinski definition) is 3. The molecule has 0 unspecified atom stereocenters. The van der Waals surface area contributed by atoms with Crippen LogP contribution in [0.2, 0.25) is 0 Å². The average molecular weight is 250 g/mol. The fourth-order valence-electron chi connectivity index (χ4n) is 4.21. The Kier molecular flexibility index (Phi) is 2.44. The fourth-order valence-corrected chi connectivity index (χ4v) is 4.21. The Hall–Kier alpha value is -0.830. The molecule has 1 saturated heterocycles. The number of carbonyl (C=O) groups is 1. The largest absolute Gasteiger partial charge is 0.454 e. The molecule has 0 radical (unpaired) electrons. The van der Waals surface area contributed by atoms with Crippen molar-refractivity contribution in [2.75, 3.05) is 0 Å². The SMILES string of the molecule is CC1=C2[C@H]3OC(=O)[C@@H](C)[C@@]3(O)CC[C@@]2(C)CCC1. The maximum absolute atomic E-state index is 11.8. The third-order valence-electron chi connectivity index (χ3n) is 5.52. The molecule has 0 aromatic heterocycles. The van der Waals surface area contributed by atoms with Crippen LogP contribution >= 0.6 is 0 Å². The van der Waals surface area contributed by atoms with Gasteiger partial charge in [0.1, 0.15) is 5.60 Å². The van der Waals surface area contributed by atoms with E-state index in [2.05, 4.69) is 13.8 Å². The summed E-state index contributed by atoms with van der Waals surface area (Å²) in [5, 5.41) is 10.8. The van der Waals surface area contributed by atoms with Crippen molar-refractivity contribution in [2.24, 2.45) is 11.3 Å². The molecule has 1 N–H and O–H groups in total. The average Bonchev–Trinajstić information content (AvgIpc) is 2.53. The van der Waals surface area contributed by atoms with Gasteiger partial charge in [-0.2, -0.15) is 0 Å². The Labute approximate surface area is 108 Å². The van der Waals surface area contributed by atoms with Gasteiger partial charge in [0.25, 0.3) is 0 Å². The normalized spacial score (nSPS) is 47.7. The van der Waals surface area contributed by atoms with Gasteiger partial charge in [0.2, 0.25) is 0 Å². The van der Waals surface area contributed by atoms with Gasteiger partial charge < -0.3 is 9.84 Å². The number of fused-ring (bicyclic) bond motifs is 3. The quantitative estimate of drug-likeness (QED) is 0.531. The predicted molar refractivity (Wildman–Crippen MR) is 67.9 cm³/mol. The van der Waals surface area contributed by atoms with Crippen molar-refractivity contribution in [3.05, 3.63) is 11.1 Å². The summed E-state index contributed by atoms with van der Waals surface area (Å²) in [6, 6.07) is 0. The molecule has 18 heavy (non-hydrogen) atoms. The predicted octanol–water partition coefficient (Wildman–Crippen LogP) is 2.58. The summed E-state index contributed by atoms with van der Waals surface area (Å²) in [6.45, 7) is 6.19. The van der Waals surface area contributed by atoms with E-state index in [9.17, 15) is 9.90 Å². The smallest absolute Gasteiger partial charge is 0.312 e. The Morgan fingerprint density at radius 3 is 2.78 bits per heavy atom. The molecule has 1 aliphatic heterocycles. The molecule has 2 fully saturated rings. The molecule has 1 saturated carbocycles. The number of hydrogen-bond donors (Lipinski definition) is 1. The van der Waals surface area contributed by atoms with Gasteiger partial charge in [-0.25, -0.2) is 0 Å². The van der Waals surface area contributed by atoms with Gasteiger partial charge in [0.15, 0.2) is 6.10 Å². The number of carbonyl (C=O) groups excluding carboxylic acids is 1. The lowest BCUT2D eigenvalue weighted by molar-refractivity contribution is -0.143. The van der Waals surface area contributed by atoms with Crippen LogP contribution in [0, 0.1) is 11.3 Å². The summed E-state index contributed by atoms with van der Waals surface area (Å²) < 4.78 is 5.54. The van der Waals surface area contributed by atoms with E-state index in [1.807, 2.05) is 0 Å². The maximum atomic E-state index is 11.8. The Morgan fingerprint density at radius 2 is 2.06 bits per heavy atom. The molecule has 0 spiro atoms. The second kappa shape index (κ2) is 3.60. The summed E-state index contributed by atoms with van der Waals surface area (Å²) >= 11 is 0. The van der Waals surface area contributed by atoms with Crippen molar-refractivity contribution in [3.63, 3.8) is 0 Å². The lowest BCUT2D eigenvalue weighted by Gasteiger charge is -2.49. The van der Waals surface area contributed by atoms with Crippen LogP contribution in [-0.2, 0) is 9.53 Å². The lowest BCUT2D eigenvalue weighted by atomic mass is 9.58. The van der Waals surface area contributed by atoms with E-state index in [1.165, 1.54) is 17.6 Å². The van der Waals surface area contributed by atoms with Gasteiger partial charge >= 0.3 is 5.97 Å². The third-order valence-corrected chi connectivity index (χ3v) is 5.52. The van der Waals surface area contributed by atoms with Gasteiger partial charge in [0, 0.05) is 0 Å². The standard InChI is InChI=1S/C15H22O3/c1-9-5-4-6-14(3)7-8-15(17)10(2)13(16)18-12(15)11(9)14/h10,12,17H,4-8H2,1-3H3/t10-,12-,14-,15+/m1/s1. The number of esters is 1. The second-order valence-corrected chi connectivity index (χ2v) is 6.64. The minimum absolute atomic E-state index is 0.129. The summed E-state index contributed by atoms with van der Waals surface area (Å²) in [7, 11) is 0. The van der Waals surface area contributed by atoms with Gasteiger partial charge in [-0.15, -0.1) is 0 Å². The Balaban J connectivity index is 2.10. The molecule has 0 aromatic carbocycles. The fraction of sp³-hybridized carbons (Fsp3) is 0.800. The van der Waals surface area contributed by atoms with Crippen molar-refractivity contribution in [3.8, 4) is 0 Å². The minimum Gasteiger partial charge on any atom is -0.454 e. The summed E-state index contributed by atoms with van der Waals surface area (Å²) in [5.41, 5.74) is 1.71. The molecule has 0 aromatic rings. The first-order chi connectivity index (χ1) is 8.38. The van der Waals surface area contributed by atoms with Crippen LogP contribution in [0.1, 0.15) is 52.9 Å². The maximum Gasteiger partial charge on any atom is 0.312 e. The molecule has 3 heteroatoms. The Morgan fingerprint density at radius 1 is 1.33 bits per heavy atom. The van der Waals surface area contributed by atoms with E-state index in [0.717, 1.165) is 19.3 Å². The minimum atomic E-state index is -0.968. The lowest BCUT2D eigenvalue weighted by Crippen LogP contribution is -2.52. The van der Waals surface area contributed by atoms with E-state index in [4.69, 9.17) is 4.74 Å². The van der Waals surface area contributed by atoms with Gasteiger partial charge in [0.05, 0.1) is 5.92 Å². The van der Waals surface area contributed by atoms with E-state index in [1.54, 1.807) is 6.92 Å². The zero-order chi connectivity index (χ0) is 13.1. The topological polar surface area (TPSA) is 46.5 Å². The van der Waals surface area contributed by atoms with Crippen LogP contribution in [0.4, 0.5) is 0 Å². The molecule has 3 rings (SSSR count). The highest BCUT2D eigenvalue weighted by Gasteiger charge is 2.61. The second-order valence-electron chi connectivity index (χ2n) is 6.64. The molecule has 4 atom stereocenters. The molecule has 100 valence electrons. The van der Waals surface area contributed by atoms with Crippen LogP contribution in [0.15, 0.2) is 11.1 Å². The molecule has 3 aliphatic rings. The van der Waals surface area contributed by atoms with Crippen molar-refractivity contribution in [1.82, 2.24) is 0 Å². The molecule has 2 aliphatic carbocycles. The van der Waals surface area contributed by atoms with Gasteiger partial charge in [-0.1, -0.05) is 12.5 Å². The van der Waals surface area contributed by atoms with Crippen molar-refractivity contribution in [2.45, 2.75) is 64.6 Å². The number of allylic oxidation sites excluding steroid dienone is 1. The highest BCUT2D eigenvalue weighted by atomic mass is 16.6. The Bertz CT molecular complexity index is 439. The van der Waals surface area contributed by atoms with Crippen LogP contribution in [0.5, 0.6) is 0 Å². The monoisotopic (exact) mass is 250 g/mol. The van der Waals surface area contributed by atoms with E-state index >= 15 is 0 Å². The van der Waals surface area contributed by atoms with E-state index in [-0.39, 0.29) is 17.5 Å².